The number of benzene rings is 2. The topological polar surface area (TPSA) is 32.8 Å². The molecular weight excluding hydrogens is 644 g/mol. The van der Waals surface area contributed by atoms with E-state index in [0.29, 0.717) is 0 Å². The Morgan fingerprint density at radius 3 is 2.59 bits per heavy atom. The Kier molecular flexibility index (Phi) is 8.83. The van der Waals surface area contributed by atoms with Crippen LogP contribution in [0.1, 0.15) is 13.3 Å². The standard InChI is InChI=1S/C29H28I2N3/c1-4-17-30-21-31-18-12-19-34-20-24(23-15-10-11-16-27(23)34)28-25(5-2)33-26(6-3)29(28)32-22-13-8-7-9-14-22/h4,7-11,13-17,20-21,32-33H,2-3,12,18-19H2,1H3/q-1/b17-4-. The van der Waals surface area contributed by atoms with Crippen LogP contribution in [0.4, 0.5) is 11.4 Å². The molecular formula is C29H28I2N3-. The fraction of sp³-hybridized carbons (Fsp3) is 0.138. The first-order valence-electron chi connectivity index (χ1n) is 11.1. The number of aromatic amines is 1. The molecule has 4 aromatic rings. The number of hydrogen-bond acceptors (Lipinski definition) is 1. The Labute approximate surface area is 221 Å². The van der Waals surface area contributed by atoms with Crippen LogP contribution in [0.3, 0.4) is 0 Å². The number of aryl methyl sites for hydroxylation is 1. The zero-order chi connectivity index (χ0) is 23.8. The van der Waals surface area contributed by atoms with Gasteiger partial charge in [-0.3, -0.25) is 0 Å². The van der Waals surface area contributed by atoms with Gasteiger partial charge in [-0.25, -0.2) is 0 Å². The monoisotopic (exact) mass is 672 g/mol. The molecule has 0 amide bonds. The van der Waals surface area contributed by atoms with Gasteiger partial charge in [-0.05, 0) is 0 Å². The van der Waals surface area contributed by atoms with Crippen molar-refractivity contribution in [2.75, 3.05) is 9.74 Å². The molecule has 0 atom stereocenters. The number of fused-ring (bicyclic) bond motifs is 1. The maximum atomic E-state index is 3.95. The van der Waals surface area contributed by atoms with Gasteiger partial charge in [0, 0.05) is 0 Å². The van der Waals surface area contributed by atoms with Crippen LogP contribution in [0.2, 0.25) is 0 Å². The van der Waals surface area contributed by atoms with E-state index in [1.165, 1.54) is 21.8 Å². The van der Waals surface area contributed by atoms with Crippen molar-refractivity contribution in [3.63, 3.8) is 0 Å². The molecule has 2 heterocycles. The van der Waals surface area contributed by atoms with Gasteiger partial charge in [0.05, 0.1) is 0 Å². The first-order valence-corrected chi connectivity index (χ1v) is 16.4. The van der Waals surface area contributed by atoms with E-state index in [2.05, 4.69) is 101 Å². The normalized spacial score (nSPS) is 11.7. The molecule has 3 nitrogen and oxygen atoms in total. The predicted molar refractivity (Wildman–Crippen MR) is 153 cm³/mol. The van der Waals surface area contributed by atoms with Crippen LogP contribution in [-0.4, -0.2) is 16.0 Å². The molecule has 2 N–H and O–H groups in total. The van der Waals surface area contributed by atoms with Crippen LogP contribution in [0, 0.1) is 0 Å². The van der Waals surface area contributed by atoms with E-state index in [0.717, 1.165) is 39.7 Å². The minimum absolute atomic E-state index is 0.168. The molecule has 0 spiro atoms. The van der Waals surface area contributed by atoms with Crippen LogP contribution in [0.25, 0.3) is 33.5 Å². The molecule has 4 rings (SSSR count). The van der Waals surface area contributed by atoms with Crippen molar-refractivity contribution in [1.82, 2.24) is 9.55 Å². The Morgan fingerprint density at radius 2 is 1.82 bits per heavy atom. The summed E-state index contributed by atoms with van der Waals surface area (Å²) in [5.74, 6) is 0. The number of allylic oxidation sites excluding steroid dienone is 1. The number of aromatic nitrogens is 2. The molecule has 0 fully saturated rings. The third-order valence-electron chi connectivity index (χ3n) is 5.40. The molecule has 174 valence electrons. The van der Waals surface area contributed by atoms with Crippen molar-refractivity contribution >= 4 is 56.5 Å². The second-order valence-corrected chi connectivity index (χ2v) is 14.6. The van der Waals surface area contributed by atoms with Crippen molar-refractivity contribution in [1.29, 1.82) is 0 Å². The molecule has 0 aliphatic carbocycles. The van der Waals surface area contributed by atoms with Crippen molar-refractivity contribution in [2.24, 2.45) is 0 Å². The van der Waals surface area contributed by atoms with E-state index in [1.807, 2.05) is 18.2 Å². The zero-order valence-electron chi connectivity index (χ0n) is 19.2. The van der Waals surface area contributed by atoms with Crippen molar-refractivity contribution in [3.05, 3.63) is 94.8 Å². The summed E-state index contributed by atoms with van der Waals surface area (Å²) in [4.78, 5) is 3.40. The average Bonchev–Trinajstić information content (AvgIpc) is 3.41. The summed E-state index contributed by atoms with van der Waals surface area (Å²) in [5.41, 5.74) is 11.6. The number of rotatable bonds is 9. The molecule has 0 unspecified atom stereocenters. The summed E-state index contributed by atoms with van der Waals surface area (Å²) >= 11 is 0.369. The van der Waals surface area contributed by atoms with E-state index >= 15 is 0 Å². The summed E-state index contributed by atoms with van der Waals surface area (Å²) in [6, 6.07) is 18.8. The predicted octanol–water partition coefficient (Wildman–Crippen LogP) is 3.25. The molecule has 0 aliphatic heterocycles. The third-order valence-corrected chi connectivity index (χ3v) is 12.6. The molecule has 34 heavy (non-hydrogen) atoms. The Balaban J connectivity index is 1.75. The van der Waals surface area contributed by atoms with Crippen LogP contribution < -0.4 is 37.2 Å². The van der Waals surface area contributed by atoms with Crippen LogP contribution >= 0.6 is 20.7 Å². The van der Waals surface area contributed by atoms with Crippen molar-refractivity contribution in [2.45, 2.75) is 19.9 Å². The number of alkyl halides is 1. The summed E-state index contributed by atoms with van der Waals surface area (Å²) < 4.78 is 8.65. The molecule has 2 aromatic heterocycles. The molecule has 0 saturated heterocycles. The van der Waals surface area contributed by atoms with Gasteiger partial charge in [0.2, 0.25) is 0 Å². The van der Waals surface area contributed by atoms with Gasteiger partial charge in [-0.1, -0.05) is 6.07 Å². The fourth-order valence-electron chi connectivity index (χ4n) is 3.94. The van der Waals surface area contributed by atoms with Gasteiger partial charge < -0.3 is 0 Å². The number of halogens is 2. The first kappa shape index (κ1) is 24.6. The van der Waals surface area contributed by atoms with Gasteiger partial charge in [0.25, 0.3) is 0 Å². The van der Waals surface area contributed by atoms with Gasteiger partial charge in [0.15, 0.2) is 0 Å². The van der Waals surface area contributed by atoms with Crippen LogP contribution in [-0.2, 0) is 6.54 Å². The Morgan fingerprint density at radius 1 is 1.06 bits per heavy atom. The van der Waals surface area contributed by atoms with E-state index in [1.54, 1.807) is 0 Å². The Hall–Kier alpha value is -2.57. The van der Waals surface area contributed by atoms with E-state index in [-0.39, 0.29) is 41.9 Å². The molecule has 0 saturated carbocycles. The summed E-state index contributed by atoms with van der Waals surface area (Å²) in [6.07, 6.45) is 5.66. The number of H-pyrrole nitrogens is 1. The third kappa shape index (κ3) is 5.56. The van der Waals surface area contributed by atoms with Gasteiger partial charge in [-0.2, -0.15) is 0 Å². The number of anilines is 2. The number of para-hydroxylation sites is 2. The van der Waals surface area contributed by atoms with E-state index < -0.39 is 0 Å². The second-order valence-electron chi connectivity index (χ2n) is 7.59. The molecule has 0 aliphatic rings. The number of nitrogens with one attached hydrogen (secondary N) is 2. The quantitative estimate of drug-likeness (QED) is 0.160. The number of hydrogen-bond donors (Lipinski definition) is 2. The van der Waals surface area contributed by atoms with E-state index in [9.17, 15) is 0 Å². The fourth-order valence-corrected chi connectivity index (χ4v) is 9.64. The van der Waals surface area contributed by atoms with E-state index in [4.69, 9.17) is 0 Å². The molecule has 5 heteroatoms. The zero-order valence-corrected chi connectivity index (χ0v) is 23.6. The van der Waals surface area contributed by atoms with Gasteiger partial charge >= 0.3 is 217 Å². The molecule has 0 radical (unpaired) electrons. The first-order chi connectivity index (χ1) is 16.8. The molecule has 0 bridgehead atoms. The van der Waals surface area contributed by atoms with Gasteiger partial charge in [-0.15, -0.1) is 0 Å². The number of nitrogens with zero attached hydrogens (tertiary/aromatic N) is 1. The summed E-state index contributed by atoms with van der Waals surface area (Å²) in [5, 5.41) is 6.47. The molecule has 2 aromatic carbocycles. The maximum absolute atomic E-state index is 3.95. The van der Waals surface area contributed by atoms with Crippen molar-refractivity contribution < 1.29 is 21.2 Å². The summed E-state index contributed by atoms with van der Waals surface area (Å²) in [7, 11) is 0. The van der Waals surface area contributed by atoms with Crippen molar-refractivity contribution in [3.8, 4) is 11.1 Å². The SMILES string of the molecule is C=C=c1[nH]c(=C=C)c(-c2cn(CCC[I-]C=I/C=C\C)c3ccccc23)c1Nc1ccccc1. The summed E-state index contributed by atoms with van der Waals surface area (Å²) in [6.45, 7) is 11.0. The second kappa shape index (κ2) is 12.2. The van der Waals surface area contributed by atoms with Crippen LogP contribution in [0.15, 0.2) is 84.1 Å². The average molecular weight is 672 g/mol. The minimum atomic E-state index is 0.168. The Bertz CT molecular complexity index is 1500. The van der Waals surface area contributed by atoms with Gasteiger partial charge in [0.1, 0.15) is 0 Å². The van der Waals surface area contributed by atoms with Crippen LogP contribution in [0.5, 0.6) is 0 Å².